The van der Waals surface area contributed by atoms with E-state index in [0.717, 1.165) is 41.9 Å². The van der Waals surface area contributed by atoms with Crippen LogP contribution in [0.25, 0.3) is 0 Å². The van der Waals surface area contributed by atoms with Crippen LogP contribution in [0.2, 0.25) is 0 Å². The standard InChI is InChI=1S/C19H28N2O4/c1-7-8-9-14(15-12-21(2)20-19(15)25-6)18-16(23-4)10-13(22-3)11-17(18)24-5/h10-12,14H,7-9H2,1-6H3. The Kier molecular flexibility index (Phi) is 6.56. The first-order valence-electron chi connectivity index (χ1n) is 8.46. The summed E-state index contributed by atoms with van der Waals surface area (Å²) in [6.45, 7) is 2.18. The minimum atomic E-state index is 0.0550. The molecule has 0 fully saturated rings. The summed E-state index contributed by atoms with van der Waals surface area (Å²) in [5, 5.41) is 4.42. The number of benzene rings is 1. The van der Waals surface area contributed by atoms with Gasteiger partial charge < -0.3 is 18.9 Å². The number of ether oxygens (including phenoxy) is 4. The molecule has 1 atom stereocenters. The van der Waals surface area contributed by atoms with Crippen LogP contribution >= 0.6 is 0 Å². The van der Waals surface area contributed by atoms with E-state index in [-0.39, 0.29) is 5.92 Å². The summed E-state index contributed by atoms with van der Waals surface area (Å²) in [6, 6.07) is 3.78. The Morgan fingerprint density at radius 2 is 1.64 bits per heavy atom. The van der Waals surface area contributed by atoms with Crippen LogP contribution in [0.15, 0.2) is 18.3 Å². The van der Waals surface area contributed by atoms with E-state index in [2.05, 4.69) is 12.0 Å². The molecule has 1 heterocycles. The van der Waals surface area contributed by atoms with Gasteiger partial charge in [0.1, 0.15) is 17.2 Å². The number of rotatable bonds is 9. The predicted octanol–water partition coefficient (Wildman–Crippen LogP) is 3.78. The Balaban J connectivity index is 2.65. The maximum atomic E-state index is 5.67. The molecule has 2 aromatic rings. The highest BCUT2D eigenvalue weighted by Gasteiger charge is 2.28. The SMILES string of the molecule is CCCCC(c1cn(C)nc1OC)c1c(OC)cc(OC)cc1OC. The van der Waals surface area contributed by atoms with Gasteiger partial charge in [-0.3, -0.25) is 4.68 Å². The first-order chi connectivity index (χ1) is 12.1. The van der Waals surface area contributed by atoms with E-state index in [0.29, 0.717) is 11.6 Å². The summed E-state index contributed by atoms with van der Waals surface area (Å²) >= 11 is 0. The molecular formula is C19H28N2O4. The highest BCUT2D eigenvalue weighted by molar-refractivity contribution is 5.56. The molecule has 6 heteroatoms. The van der Waals surface area contributed by atoms with E-state index < -0.39 is 0 Å². The van der Waals surface area contributed by atoms with Crippen LogP contribution in [0.5, 0.6) is 23.1 Å². The van der Waals surface area contributed by atoms with Crippen molar-refractivity contribution in [2.24, 2.45) is 7.05 Å². The lowest BCUT2D eigenvalue weighted by Gasteiger charge is -2.23. The monoisotopic (exact) mass is 348 g/mol. The first kappa shape index (κ1) is 19.0. The fourth-order valence-corrected chi connectivity index (χ4v) is 3.12. The molecule has 1 aromatic carbocycles. The summed E-state index contributed by atoms with van der Waals surface area (Å²) in [6.07, 6.45) is 5.11. The van der Waals surface area contributed by atoms with Crippen molar-refractivity contribution in [2.75, 3.05) is 28.4 Å². The molecule has 0 radical (unpaired) electrons. The molecule has 6 nitrogen and oxygen atoms in total. The molecular weight excluding hydrogens is 320 g/mol. The smallest absolute Gasteiger partial charge is 0.236 e. The Bertz CT molecular complexity index is 672. The molecule has 138 valence electrons. The molecule has 0 aliphatic rings. The third kappa shape index (κ3) is 4.00. The van der Waals surface area contributed by atoms with Crippen LogP contribution in [0.4, 0.5) is 0 Å². The van der Waals surface area contributed by atoms with Gasteiger partial charge in [0, 0.05) is 42.4 Å². The lowest BCUT2D eigenvalue weighted by atomic mass is 9.87. The molecule has 0 bridgehead atoms. The molecule has 0 N–H and O–H groups in total. The molecule has 1 aromatic heterocycles. The second kappa shape index (κ2) is 8.65. The predicted molar refractivity (Wildman–Crippen MR) is 97.2 cm³/mol. The van der Waals surface area contributed by atoms with Gasteiger partial charge in [-0.15, -0.1) is 5.10 Å². The van der Waals surface area contributed by atoms with Gasteiger partial charge in [-0.1, -0.05) is 19.8 Å². The van der Waals surface area contributed by atoms with Crippen LogP contribution < -0.4 is 18.9 Å². The molecule has 1 unspecified atom stereocenters. The fourth-order valence-electron chi connectivity index (χ4n) is 3.12. The van der Waals surface area contributed by atoms with Gasteiger partial charge in [-0.25, -0.2) is 0 Å². The van der Waals surface area contributed by atoms with Crippen LogP contribution in [0.3, 0.4) is 0 Å². The van der Waals surface area contributed by atoms with E-state index in [9.17, 15) is 0 Å². The van der Waals surface area contributed by atoms with Crippen molar-refractivity contribution >= 4 is 0 Å². The number of aromatic nitrogens is 2. The highest BCUT2D eigenvalue weighted by atomic mass is 16.5. The molecule has 2 rings (SSSR count). The number of methoxy groups -OCH3 is 4. The van der Waals surface area contributed by atoms with E-state index in [1.54, 1.807) is 33.1 Å². The number of nitrogens with zero attached hydrogens (tertiary/aromatic N) is 2. The van der Waals surface area contributed by atoms with Crippen LogP contribution in [-0.2, 0) is 7.05 Å². The molecule has 25 heavy (non-hydrogen) atoms. The van der Waals surface area contributed by atoms with E-state index in [1.165, 1.54) is 0 Å². The van der Waals surface area contributed by atoms with Gasteiger partial charge in [0.05, 0.1) is 28.4 Å². The Labute approximate surface area is 149 Å². The van der Waals surface area contributed by atoms with Crippen LogP contribution in [0.1, 0.15) is 43.2 Å². The largest absolute Gasteiger partial charge is 0.496 e. The Morgan fingerprint density at radius 1 is 1.00 bits per heavy atom. The van der Waals surface area contributed by atoms with Crippen molar-refractivity contribution in [1.82, 2.24) is 9.78 Å². The van der Waals surface area contributed by atoms with E-state index in [1.807, 2.05) is 25.4 Å². The second-order valence-electron chi connectivity index (χ2n) is 5.91. The van der Waals surface area contributed by atoms with Crippen molar-refractivity contribution < 1.29 is 18.9 Å². The number of hydrogen-bond donors (Lipinski definition) is 0. The van der Waals surface area contributed by atoms with Crippen molar-refractivity contribution in [3.05, 3.63) is 29.5 Å². The van der Waals surface area contributed by atoms with Gasteiger partial charge in [0.2, 0.25) is 5.88 Å². The summed E-state index contributed by atoms with van der Waals surface area (Å²) < 4.78 is 24.0. The summed E-state index contributed by atoms with van der Waals surface area (Å²) in [4.78, 5) is 0. The topological polar surface area (TPSA) is 54.7 Å². The lowest BCUT2D eigenvalue weighted by Crippen LogP contribution is -2.07. The molecule has 0 spiro atoms. The highest BCUT2D eigenvalue weighted by Crippen LogP contribution is 2.45. The van der Waals surface area contributed by atoms with Crippen molar-refractivity contribution in [3.8, 4) is 23.1 Å². The van der Waals surface area contributed by atoms with Gasteiger partial charge in [0.25, 0.3) is 0 Å². The summed E-state index contributed by atoms with van der Waals surface area (Å²) in [5.41, 5.74) is 2.02. The Morgan fingerprint density at radius 3 is 2.12 bits per heavy atom. The minimum absolute atomic E-state index is 0.0550. The second-order valence-corrected chi connectivity index (χ2v) is 5.91. The zero-order valence-electron chi connectivity index (χ0n) is 16.0. The maximum Gasteiger partial charge on any atom is 0.236 e. The molecule has 0 saturated heterocycles. The van der Waals surface area contributed by atoms with Gasteiger partial charge in [-0.05, 0) is 6.42 Å². The third-order valence-electron chi connectivity index (χ3n) is 4.34. The zero-order chi connectivity index (χ0) is 18.4. The Hall–Kier alpha value is -2.37. The molecule has 0 saturated carbocycles. The average Bonchev–Trinajstić information content (AvgIpc) is 3.02. The van der Waals surface area contributed by atoms with Crippen molar-refractivity contribution in [3.63, 3.8) is 0 Å². The molecule has 0 aliphatic heterocycles. The minimum Gasteiger partial charge on any atom is -0.496 e. The van der Waals surface area contributed by atoms with E-state index in [4.69, 9.17) is 18.9 Å². The van der Waals surface area contributed by atoms with Crippen molar-refractivity contribution in [2.45, 2.75) is 32.1 Å². The van der Waals surface area contributed by atoms with Crippen molar-refractivity contribution in [1.29, 1.82) is 0 Å². The molecule has 0 amide bonds. The average molecular weight is 348 g/mol. The third-order valence-corrected chi connectivity index (χ3v) is 4.34. The maximum absolute atomic E-state index is 5.67. The van der Waals surface area contributed by atoms with E-state index >= 15 is 0 Å². The van der Waals surface area contributed by atoms with Gasteiger partial charge in [-0.2, -0.15) is 0 Å². The van der Waals surface area contributed by atoms with Gasteiger partial charge >= 0.3 is 0 Å². The molecule has 0 aliphatic carbocycles. The zero-order valence-corrected chi connectivity index (χ0v) is 16.0. The van der Waals surface area contributed by atoms with Crippen LogP contribution in [0, 0.1) is 0 Å². The summed E-state index contributed by atoms with van der Waals surface area (Å²) in [5.74, 6) is 2.86. The lowest BCUT2D eigenvalue weighted by molar-refractivity contribution is 0.361. The number of aryl methyl sites for hydroxylation is 1. The quantitative estimate of drug-likeness (QED) is 0.690. The summed E-state index contributed by atoms with van der Waals surface area (Å²) in [7, 11) is 8.49. The normalized spacial score (nSPS) is 11.9. The van der Waals surface area contributed by atoms with Crippen LogP contribution in [-0.4, -0.2) is 38.2 Å². The number of hydrogen-bond acceptors (Lipinski definition) is 5. The fraction of sp³-hybridized carbons (Fsp3) is 0.526. The first-order valence-corrected chi connectivity index (χ1v) is 8.46. The number of unbranched alkanes of at least 4 members (excludes halogenated alkanes) is 1. The van der Waals surface area contributed by atoms with Gasteiger partial charge in [0.15, 0.2) is 0 Å².